The minimum absolute atomic E-state index is 0.0552. The number of hydrogen-bond acceptors (Lipinski definition) is 2. The first-order valence-electron chi connectivity index (χ1n) is 6.40. The Hall–Kier alpha value is -1.42. The normalized spacial score (nSPS) is 11.7. The molecule has 1 rings (SSSR count). The average Bonchev–Trinajstić information content (AvgIpc) is 2.24. The van der Waals surface area contributed by atoms with Gasteiger partial charge in [0.2, 0.25) is 0 Å². The molecule has 0 saturated carbocycles. The molecule has 0 spiro atoms. The van der Waals surface area contributed by atoms with Gasteiger partial charge in [0, 0.05) is 13.1 Å². The molecule has 0 atom stereocenters. The van der Waals surface area contributed by atoms with Crippen molar-refractivity contribution in [1.82, 2.24) is 10.2 Å². The Morgan fingerprint density at radius 3 is 2.53 bits per heavy atom. The number of nitrogens with zero attached hydrogens (tertiary/aromatic N) is 1. The molecule has 0 aliphatic rings. The van der Waals surface area contributed by atoms with E-state index in [4.69, 9.17) is 0 Å². The molecular weight excluding hydrogens is 243 g/mol. The minimum Gasteiger partial charge on any atom is -0.351 e. The third-order valence-electron chi connectivity index (χ3n) is 2.84. The Morgan fingerprint density at radius 2 is 2.00 bits per heavy atom. The van der Waals surface area contributed by atoms with E-state index < -0.39 is 5.82 Å². The maximum absolute atomic E-state index is 13.7. The summed E-state index contributed by atoms with van der Waals surface area (Å²) in [6, 6.07) is 4.64. The molecule has 0 unspecified atom stereocenters. The second-order valence-corrected chi connectivity index (χ2v) is 6.07. The lowest BCUT2D eigenvalue weighted by atomic mass is 9.93. The van der Waals surface area contributed by atoms with Crippen molar-refractivity contribution in [3.05, 3.63) is 35.1 Å². The lowest BCUT2D eigenvalue weighted by molar-refractivity contribution is 0.0925. The summed E-state index contributed by atoms with van der Waals surface area (Å²) in [7, 11) is 3.98. The van der Waals surface area contributed by atoms with E-state index in [1.54, 1.807) is 13.0 Å². The van der Waals surface area contributed by atoms with Crippen LogP contribution in [0.1, 0.15) is 29.8 Å². The molecule has 0 radical (unpaired) electrons. The molecule has 3 nitrogen and oxygen atoms in total. The first-order valence-corrected chi connectivity index (χ1v) is 6.40. The van der Waals surface area contributed by atoms with Crippen LogP contribution in [0.4, 0.5) is 4.39 Å². The number of halogens is 1. The molecule has 106 valence electrons. The predicted molar refractivity (Wildman–Crippen MR) is 75.8 cm³/mol. The van der Waals surface area contributed by atoms with Crippen molar-refractivity contribution in [2.24, 2.45) is 5.41 Å². The highest BCUT2D eigenvalue weighted by atomic mass is 19.1. The molecule has 1 aromatic carbocycles. The van der Waals surface area contributed by atoms with Crippen LogP contribution in [-0.2, 0) is 0 Å². The number of aryl methyl sites for hydroxylation is 1. The van der Waals surface area contributed by atoms with Crippen molar-refractivity contribution in [2.75, 3.05) is 27.2 Å². The zero-order chi connectivity index (χ0) is 14.6. The molecule has 0 aliphatic heterocycles. The maximum Gasteiger partial charge on any atom is 0.254 e. The van der Waals surface area contributed by atoms with E-state index in [2.05, 4.69) is 24.1 Å². The van der Waals surface area contributed by atoms with E-state index in [0.717, 1.165) is 12.1 Å². The molecule has 0 heterocycles. The Bertz CT molecular complexity index is 455. The number of carbonyl (C=O) groups is 1. The average molecular weight is 266 g/mol. The molecule has 1 aromatic rings. The van der Waals surface area contributed by atoms with Crippen LogP contribution in [0, 0.1) is 18.2 Å². The van der Waals surface area contributed by atoms with Crippen LogP contribution < -0.4 is 5.32 Å². The van der Waals surface area contributed by atoms with Gasteiger partial charge >= 0.3 is 0 Å². The quantitative estimate of drug-likeness (QED) is 0.888. The zero-order valence-electron chi connectivity index (χ0n) is 12.4. The molecule has 4 heteroatoms. The van der Waals surface area contributed by atoms with Gasteiger partial charge < -0.3 is 10.2 Å². The van der Waals surface area contributed by atoms with Crippen molar-refractivity contribution in [3.63, 3.8) is 0 Å². The van der Waals surface area contributed by atoms with Crippen molar-refractivity contribution >= 4 is 5.91 Å². The monoisotopic (exact) mass is 266 g/mol. The van der Waals surface area contributed by atoms with Crippen LogP contribution in [0.3, 0.4) is 0 Å². The molecule has 1 amide bonds. The molecule has 1 N–H and O–H groups in total. The zero-order valence-corrected chi connectivity index (χ0v) is 12.4. The summed E-state index contributed by atoms with van der Waals surface area (Å²) in [5.74, 6) is -0.827. The summed E-state index contributed by atoms with van der Waals surface area (Å²) in [6.07, 6.45) is 0. The van der Waals surface area contributed by atoms with Crippen molar-refractivity contribution in [1.29, 1.82) is 0 Å². The fourth-order valence-electron chi connectivity index (χ4n) is 2.13. The van der Waals surface area contributed by atoms with Gasteiger partial charge in [-0.1, -0.05) is 19.9 Å². The fourth-order valence-corrected chi connectivity index (χ4v) is 2.13. The van der Waals surface area contributed by atoms with E-state index >= 15 is 0 Å². The first-order chi connectivity index (χ1) is 8.71. The van der Waals surface area contributed by atoms with Crippen molar-refractivity contribution < 1.29 is 9.18 Å². The summed E-state index contributed by atoms with van der Waals surface area (Å²) in [5, 5.41) is 2.80. The topological polar surface area (TPSA) is 32.3 Å². The molecule has 0 fully saturated rings. The number of carbonyl (C=O) groups excluding carboxylic acids is 1. The van der Waals surface area contributed by atoms with Gasteiger partial charge in [-0.05, 0) is 44.1 Å². The second-order valence-electron chi connectivity index (χ2n) is 6.07. The Labute approximate surface area is 114 Å². The van der Waals surface area contributed by atoms with Crippen LogP contribution in [-0.4, -0.2) is 38.0 Å². The van der Waals surface area contributed by atoms with Gasteiger partial charge in [-0.25, -0.2) is 4.39 Å². The van der Waals surface area contributed by atoms with Gasteiger partial charge in [0.1, 0.15) is 5.82 Å². The second kappa shape index (κ2) is 6.15. The van der Waals surface area contributed by atoms with Gasteiger partial charge in [-0.15, -0.1) is 0 Å². The molecule has 0 bridgehead atoms. The first kappa shape index (κ1) is 15.6. The highest BCUT2D eigenvalue weighted by Crippen LogP contribution is 2.15. The van der Waals surface area contributed by atoms with E-state index in [-0.39, 0.29) is 16.9 Å². The Kier molecular flexibility index (Phi) is 5.06. The summed E-state index contributed by atoms with van der Waals surface area (Å²) in [5.41, 5.74) is 0.855. The summed E-state index contributed by atoms with van der Waals surface area (Å²) >= 11 is 0. The van der Waals surface area contributed by atoms with E-state index in [9.17, 15) is 9.18 Å². The third kappa shape index (κ3) is 4.99. The smallest absolute Gasteiger partial charge is 0.254 e. The molecule has 0 aromatic heterocycles. The number of nitrogens with one attached hydrogen (secondary N) is 1. The van der Waals surface area contributed by atoms with E-state index in [0.29, 0.717) is 6.54 Å². The molecule has 0 aliphatic carbocycles. The fraction of sp³-hybridized carbons (Fsp3) is 0.533. The summed E-state index contributed by atoms with van der Waals surface area (Å²) in [4.78, 5) is 14.0. The Morgan fingerprint density at radius 1 is 1.37 bits per heavy atom. The lowest BCUT2D eigenvalue weighted by Gasteiger charge is -2.28. The number of benzene rings is 1. The lowest BCUT2D eigenvalue weighted by Crippen LogP contribution is -2.40. The maximum atomic E-state index is 13.7. The molecule has 19 heavy (non-hydrogen) atoms. The van der Waals surface area contributed by atoms with Crippen molar-refractivity contribution in [2.45, 2.75) is 20.8 Å². The largest absolute Gasteiger partial charge is 0.351 e. The SMILES string of the molecule is Cc1ccc(C(=O)NCC(C)(C)CN(C)C)c(F)c1. The molecule has 0 saturated heterocycles. The van der Waals surface area contributed by atoms with Gasteiger partial charge in [0.15, 0.2) is 0 Å². The van der Waals surface area contributed by atoms with Crippen LogP contribution in [0.15, 0.2) is 18.2 Å². The van der Waals surface area contributed by atoms with Gasteiger partial charge in [-0.2, -0.15) is 0 Å². The van der Waals surface area contributed by atoms with E-state index in [1.165, 1.54) is 12.1 Å². The molecular formula is C15H23FN2O. The van der Waals surface area contributed by atoms with Crippen LogP contribution >= 0.6 is 0 Å². The van der Waals surface area contributed by atoms with E-state index in [1.807, 2.05) is 14.1 Å². The third-order valence-corrected chi connectivity index (χ3v) is 2.84. The predicted octanol–water partition coefficient (Wildman–Crippen LogP) is 2.45. The number of hydrogen-bond donors (Lipinski definition) is 1. The Balaban J connectivity index is 2.65. The number of amides is 1. The minimum atomic E-state index is -0.470. The highest BCUT2D eigenvalue weighted by molar-refractivity contribution is 5.94. The summed E-state index contributed by atoms with van der Waals surface area (Å²) in [6.45, 7) is 7.30. The standard InChI is InChI=1S/C15H23FN2O/c1-11-6-7-12(13(16)8-11)14(19)17-9-15(2,3)10-18(4)5/h6-8H,9-10H2,1-5H3,(H,17,19). The number of rotatable bonds is 5. The van der Waals surface area contributed by atoms with Crippen LogP contribution in [0.5, 0.6) is 0 Å². The summed E-state index contributed by atoms with van der Waals surface area (Å²) < 4.78 is 13.7. The van der Waals surface area contributed by atoms with Crippen LogP contribution in [0.25, 0.3) is 0 Å². The van der Waals surface area contributed by atoms with Gasteiger partial charge in [0.25, 0.3) is 5.91 Å². The van der Waals surface area contributed by atoms with Crippen LogP contribution in [0.2, 0.25) is 0 Å². The van der Waals surface area contributed by atoms with Gasteiger partial charge in [-0.3, -0.25) is 4.79 Å². The highest BCUT2D eigenvalue weighted by Gasteiger charge is 2.21. The van der Waals surface area contributed by atoms with Crippen molar-refractivity contribution in [3.8, 4) is 0 Å². The van der Waals surface area contributed by atoms with Gasteiger partial charge in [0.05, 0.1) is 5.56 Å².